The lowest BCUT2D eigenvalue weighted by Gasteiger charge is -2.20. The first kappa shape index (κ1) is 73.0. The van der Waals surface area contributed by atoms with Gasteiger partial charge < -0.3 is 25.4 Å². The second-order valence-corrected chi connectivity index (χ2v) is 23.0. The molecule has 442 valence electrons. The van der Waals surface area contributed by atoms with Crippen molar-refractivity contribution < 1.29 is 29.6 Å². The van der Waals surface area contributed by atoms with E-state index in [1.165, 1.54) is 269 Å². The first-order chi connectivity index (χ1) is 36.9. The molecule has 0 rings (SSSR count). The van der Waals surface area contributed by atoms with E-state index in [1.54, 1.807) is 6.08 Å². The predicted octanol–water partition coefficient (Wildman–Crippen LogP) is 20.1. The molecule has 3 atom stereocenters. The second kappa shape index (κ2) is 62.9. The van der Waals surface area contributed by atoms with Crippen LogP contribution in [0.3, 0.4) is 0 Å². The Hall–Kier alpha value is -1.96. The van der Waals surface area contributed by atoms with E-state index in [0.29, 0.717) is 25.9 Å². The number of unbranched alkanes of at least 4 members (excludes halogenated alkanes) is 45. The maximum atomic E-state index is 12.5. The van der Waals surface area contributed by atoms with Gasteiger partial charge in [-0.05, 0) is 57.8 Å². The van der Waals surface area contributed by atoms with Crippen molar-refractivity contribution in [2.45, 2.75) is 372 Å². The summed E-state index contributed by atoms with van der Waals surface area (Å²) in [5.74, 6) is -0.125. The quantitative estimate of drug-likeness (QED) is 0.0274. The van der Waals surface area contributed by atoms with Crippen molar-refractivity contribution in [2.24, 2.45) is 0 Å². The van der Waals surface area contributed by atoms with Crippen LogP contribution >= 0.6 is 0 Å². The average Bonchev–Trinajstić information content (AvgIpc) is 3.41. The molecule has 7 heteroatoms. The molecular formula is C68H129NO6. The molecule has 0 aliphatic carbocycles. The molecule has 7 nitrogen and oxygen atoms in total. The van der Waals surface area contributed by atoms with Crippen LogP contribution < -0.4 is 5.32 Å². The van der Waals surface area contributed by atoms with Crippen molar-refractivity contribution in [3.8, 4) is 0 Å². The predicted molar refractivity (Wildman–Crippen MR) is 325 cm³/mol. The number of carbonyl (C=O) groups excluding carboxylic acids is 2. The molecule has 0 heterocycles. The number of amides is 1. The molecule has 4 N–H and O–H groups in total. The highest BCUT2D eigenvalue weighted by Crippen LogP contribution is 2.18. The van der Waals surface area contributed by atoms with E-state index >= 15 is 0 Å². The van der Waals surface area contributed by atoms with Crippen molar-refractivity contribution in [2.75, 3.05) is 13.2 Å². The molecule has 0 aliphatic heterocycles. The van der Waals surface area contributed by atoms with Crippen LogP contribution in [0, 0.1) is 0 Å². The minimum absolute atomic E-state index is 0.00271. The summed E-state index contributed by atoms with van der Waals surface area (Å²) in [5, 5.41) is 33.4. The molecule has 0 spiro atoms. The third-order valence-corrected chi connectivity index (χ3v) is 15.5. The monoisotopic (exact) mass is 1060 g/mol. The van der Waals surface area contributed by atoms with Crippen LogP contribution in [0.25, 0.3) is 0 Å². The summed E-state index contributed by atoms with van der Waals surface area (Å²) >= 11 is 0. The zero-order chi connectivity index (χ0) is 54.4. The van der Waals surface area contributed by atoms with Crippen LogP contribution in [0.2, 0.25) is 0 Å². The fourth-order valence-electron chi connectivity index (χ4n) is 10.3. The lowest BCUT2D eigenvalue weighted by atomic mass is 10.0. The molecule has 0 aliphatic rings. The molecule has 0 aromatic heterocycles. The number of ether oxygens (including phenoxy) is 1. The zero-order valence-corrected chi connectivity index (χ0v) is 50.2. The third-order valence-electron chi connectivity index (χ3n) is 15.5. The SMILES string of the molecule is CCCCC/C=C\C/C=C\CCCCCCCC(=O)OCCCCCCCCCCCCCCCCCCCCCCCCCCCCCCCC(=O)N[C@@H](CO)[C@H](O)/C=C/C(O)CCCCCCCCCCCC. The van der Waals surface area contributed by atoms with E-state index in [4.69, 9.17) is 4.74 Å². The minimum Gasteiger partial charge on any atom is -0.466 e. The molecule has 0 saturated heterocycles. The maximum absolute atomic E-state index is 12.5. The van der Waals surface area contributed by atoms with Gasteiger partial charge in [0, 0.05) is 12.8 Å². The number of hydrogen-bond donors (Lipinski definition) is 4. The summed E-state index contributed by atoms with van der Waals surface area (Å²) in [6.45, 7) is 4.78. The van der Waals surface area contributed by atoms with Crippen molar-refractivity contribution in [1.82, 2.24) is 5.32 Å². The number of nitrogens with one attached hydrogen (secondary N) is 1. The highest BCUT2D eigenvalue weighted by Gasteiger charge is 2.18. The summed E-state index contributed by atoms with van der Waals surface area (Å²) in [6.07, 6.45) is 76.6. The van der Waals surface area contributed by atoms with Crippen LogP contribution in [0.15, 0.2) is 36.5 Å². The molecule has 0 saturated carbocycles. The molecule has 0 bridgehead atoms. The summed E-state index contributed by atoms with van der Waals surface area (Å²) < 4.78 is 5.48. The second-order valence-electron chi connectivity index (χ2n) is 23.0. The first-order valence-electron chi connectivity index (χ1n) is 33.3. The van der Waals surface area contributed by atoms with Gasteiger partial charge in [0.25, 0.3) is 0 Å². The van der Waals surface area contributed by atoms with E-state index in [2.05, 4.69) is 43.5 Å². The van der Waals surface area contributed by atoms with Gasteiger partial charge in [-0.1, -0.05) is 320 Å². The molecule has 0 radical (unpaired) electrons. The topological polar surface area (TPSA) is 116 Å². The van der Waals surface area contributed by atoms with Crippen LogP contribution in [0.4, 0.5) is 0 Å². The minimum atomic E-state index is -1.02. The molecule has 1 unspecified atom stereocenters. The van der Waals surface area contributed by atoms with E-state index in [-0.39, 0.29) is 18.5 Å². The van der Waals surface area contributed by atoms with Gasteiger partial charge in [0.05, 0.1) is 31.5 Å². The van der Waals surface area contributed by atoms with Crippen molar-refractivity contribution >= 4 is 11.9 Å². The van der Waals surface area contributed by atoms with Gasteiger partial charge in [-0.3, -0.25) is 9.59 Å². The van der Waals surface area contributed by atoms with E-state index < -0.39 is 18.2 Å². The number of aliphatic hydroxyl groups excluding tert-OH is 3. The molecule has 0 aromatic rings. The summed E-state index contributed by atoms with van der Waals surface area (Å²) in [5.41, 5.74) is 0. The number of carbonyl (C=O) groups is 2. The largest absolute Gasteiger partial charge is 0.466 e. The standard InChI is InChI=1S/C68H129NO6/c1-3-5-7-9-11-13-15-16-32-36-39-43-47-51-55-59-68(74)75-62-56-52-48-44-40-37-34-31-29-27-25-23-21-19-17-18-20-22-24-26-28-30-33-35-38-42-46-50-54-58-67(73)69-65(63-70)66(72)61-60-64(71)57-53-49-45-41-14-12-10-8-6-4-2/h11,13,16,32,60-61,64-66,70-72H,3-10,12,14-15,17-31,33-59,62-63H2,1-2H3,(H,69,73)/b13-11-,32-16-,61-60+/t64?,65-,66+/m0/s1. The van der Waals surface area contributed by atoms with E-state index in [0.717, 1.165) is 57.8 Å². The summed E-state index contributed by atoms with van der Waals surface area (Å²) in [6, 6.07) is -0.747. The van der Waals surface area contributed by atoms with Gasteiger partial charge in [-0.2, -0.15) is 0 Å². The highest BCUT2D eigenvalue weighted by atomic mass is 16.5. The molecule has 1 amide bonds. The Balaban J connectivity index is 3.38. The normalized spacial score (nSPS) is 13.2. The Kier molecular flexibility index (Phi) is 61.2. The van der Waals surface area contributed by atoms with Crippen LogP contribution in [0.1, 0.15) is 354 Å². The lowest BCUT2D eigenvalue weighted by Crippen LogP contribution is -2.45. The van der Waals surface area contributed by atoms with Gasteiger partial charge in [-0.15, -0.1) is 0 Å². The van der Waals surface area contributed by atoms with E-state index in [1.807, 2.05) is 0 Å². The summed E-state index contributed by atoms with van der Waals surface area (Å²) in [4.78, 5) is 24.5. The molecule has 75 heavy (non-hydrogen) atoms. The van der Waals surface area contributed by atoms with Gasteiger partial charge >= 0.3 is 5.97 Å². The average molecular weight is 1060 g/mol. The van der Waals surface area contributed by atoms with Crippen molar-refractivity contribution in [1.29, 1.82) is 0 Å². The molecule has 0 fully saturated rings. The van der Waals surface area contributed by atoms with E-state index in [9.17, 15) is 24.9 Å². The smallest absolute Gasteiger partial charge is 0.305 e. The number of aliphatic hydroxyl groups is 3. The fourth-order valence-corrected chi connectivity index (χ4v) is 10.3. The fraction of sp³-hybridized carbons (Fsp3) is 0.882. The zero-order valence-electron chi connectivity index (χ0n) is 50.2. The van der Waals surface area contributed by atoms with Gasteiger partial charge in [0.2, 0.25) is 5.91 Å². The Bertz CT molecular complexity index is 1230. The number of esters is 1. The Morgan fingerprint density at radius 2 is 0.733 bits per heavy atom. The molecular weight excluding hydrogens is 927 g/mol. The van der Waals surface area contributed by atoms with Gasteiger partial charge in [0.1, 0.15) is 0 Å². The number of hydrogen-bond acceptors (Lipinski definition) is 6. The van der Waals surface area contributed by atoms with Gasteiger partial charge in [-0.25, -0.2) is 0 Å². The number of allylic oxidation sites excluding steroid dienone is 4. The highest BCUT2D eigenvalue weighted by molar-refractivity contribution is 5.76. The summed E-state index contributed by atoms with van der Waals surface area (Å²) in [7, 11) is 0. The maximum Gasteiger partial charge on any atom is 0.305 e. The van der Waals surface area contributed by atoms with Crippen molar-refractivity contribution in [3.05, 3.63) is 36.5 Å². The first-order valence-corrected chi connectivity index (χ1v) is 33.3. The Labute approximate surface area is 466 Å². The number of rotatable bonds is 62. The lowest BCUT2D eigenvalue weighted by molar-refractivity contribution is -0.143. The van der Waals surface area contributed by atoms with Crippen LogP contribution in [-0.2, 0) is 14.3 Å². The van der Waals surface area contributed by atoms with Crippen LogP contribution in [-0.4, -0.2) is 58.7 Å². The third kappa shape index (κ3) is 59.5. The molecule has 0 aromatic carbocycles. The van der Waals surface area contributed by atoms with Gasteiger partial charge in [0.15, 0.2) is 0 Å². The Morgan fingerprint density at radius 3 is 1.15 bits per heavy atom. The van der Waals surface area contributed by atoms with Crippen LogP contribution in [0.5, 0.6) is 0 Å². The Morgan fingerprint density at radius 1 is 0.400 bits per heavy atom. The van der Waals surface area contributed by atoms with Crippen molar-refractivity contribution in [3.63, 3.8) is 0 Å².